The quantitative estimate of drug-likeness (QED) is 0.720. The molecule has 0 amide bonds. The molecule has 2 aromatic carbocycles. The summed E-state index contributed by atoms with van der Waals surface area (Å²) in [6, 6.07) is 13.0. The van der Waals surface area contributed by atoms with E-state index >= 15 is 0 Å². The van der Waals surface area contributed by atoms with Gasteiger partial charge in [-0.05, 0) is 35.9 Å². The van der Waals surface area contributed by atoms with Gasteiger partial charge in [0.2, 0.25) is 0 Å². The second kappa shape index (κ2) is 4.16. The van der Waals surface area contributed by atoms with Crippen LogP contribution >= 0.6 is 0 Å². The molecule has 0 bridgehead atoms. The van der Waals surface area contributed by atoms with E-state index in [0.29, 0.717) is 6.54 Å². The lowest BCUT2D eigenvalue weighted by Gasteiger charge is -2.04. The molecule has 4 nitrogen and oxygen atoms in total. The van der Waals surface area contributed by atoms with E-state index in [4.69, 9.17) is 5.73 Å². The third-order valence-electron chi connectivity index (χ3n) is 2.97. The molecule has 18 heavy (non-hydrogen) atoms. The average Bonchev–Trinajstić information content (AvgIpc) is 2.82. The first-order valence-corrected chi connectivity index (χ1v) is 5.74. The normalized spacial score (nSPS) is 10.9. The smallest absolute Gasteiger partial charge is 0.115 e. The fourth-order valence-corrected chi connectivity index (χ4v) is 1.99. The van der Waals surface area contributed by atoms with Crippen molar-refractivity contribution >= 4 is 10.9 Å². The Morgan fingerprint density at radius 1 is 1.11 bits per heavy atom. The minimum atomic E-state index is 0.248. The van der Waals surface area contributed by atoms with Gasteiger partial charge in [0.1, 0.15) is 5.75 Å². The van der Waals surface area contributed by atoms with Gasteiger partial charge in [-0.3, -0.25) is 0 Å². The molecule has 1 aromatic heterocycles. The topological polar surface area (TPSA) is 64.1 Å². The van der Waals surface area contributed by atoms with Crippen LogP contribution in [0.1, 0.15) is 5.56 Å². The van der Waals surface area contributed by atoms with Gasteiger partial charge < -0.3 is 10.8 Å². The number of nitrogens with two attached hydrogens (primary N) is 1. The van der Waals surface area contributed by atoms with Gasteiger partial charge in [0.25, 0.3) is 0 Å². The zero-order valence-corrected chi connectivity index (χ0v) is 9.74. The van der Waals surface area contributed by atoms with Crippen molar-refractivity contribution in [2.45, 2.75) is 6.54 Å². The number of nitrogens with zero attached hydrogens (tertiary/aromatic N) is 2. The summed E-state index contributed by atoms with van der Waals surface area (Å²) in [5.41, 5.74) is 8.66. The van der Waals surface area contributed by atoms with Crippen LogP contribution in [0, 0.1) is 0 Å². The first-order chi connectivity index (χ1) is 8.78. The summed E-state index contributed by atoms with van der Waals surface area (Å²) in [6.07, 6.45) is 1.82. The molecule has 0 unspecified atom stereocenters. The van der Waals surface area contributed by atoms with Gasteiger partial charge in [0.05, 0.1) is 17.4 Å². The Morgan fingerprint density at radius 3 is 2.61 bits per heavy atom. The highest BCUT2D eigenvalue weighted by molar-refractivity contribution is 5.81. The number of hydrogen-bond acceptors (Lipinski definition) is 3. The van der Waals surface area contributed by atoms with Crippen molar-refractivity contribution in [1.82, 2.24) is 9.78 Å². The fraction of sp³-hybridized carbons (Fsp3) is 0.0714. The predicted molar refractivity (Wildman–Crippen MR) is 70.6 cm³/mol. The van der Waals surface area contributed by atoms with Crippen LogP contribution in [-0.4, -0.2) is 14.9 Å². The van der Waals surface area contributed by atoms with E-state index in [9.17, 15) is 5.11 Å². The number of benzene rings is 2. The molecule has 0 aliphatic carbocycles. The summed E-state index contributed by atoms with van der Waals surface area (Å²) >= 11 is 0. The lowest BCUT2D eigenvalue weighted by atomic mass is 10.1. The molecule has 0 saturated carbocycles. The molecule has 3 rings (SSSR count). The van der Waals surface area contributed by atoms with Crippen LogP contribution < -0.4 is 5.73 Å². The second-order valence-corrected chi connectivity index (χ2v) is 4.17. The van der Waals surface area contributed by atoms with E-state index < -0.39 is 0 Å². The highest BCUT2D eigenvalue weighted by Gasteiger charge is 2.05. The Bertz CT molecular complexity index is 686. The summed E-state index contributed by atoms with van der Waals surface area (Å²) in [6.45, 7) is 0.511. The van der Waals surface area contributed by atoms with Crippen LogP contribution in [0.4, 0.5) is 0 Å². The molecule has 0 atom stereocenters. The molecule has 0 saturated heterocycles. The number of aromatic hydroxyl groups is 1. The molecule has 0 aliphatic heterocycles. The van der Waals surface area contributed by atoms with Crippen molar-refractivity contribution in [2.75, 3.05) is 0 Å². The lowest BCUT2D eigenvalue weighted by Crippen LogP contribution is -1.98. The molecule has 0 spiro atoms. The molecule has 1 heterocycles. The second-order valence-electron chi connectivity index (χ2n) is 4.17. The van der Waals surface area contributed by atoms with Crippen molar-refractivity contribution in [1.29, 1.82) is 0 Å². The van der Waals surface area contributed by atoms with Gasteiger partial charge in [-0.1, -0.05) is 12.1 Å². The summed E-state index contributed by atoms with van der Waals surface area (Å²) in [5, 5.41) is 14.7. The van der Waals surface area contributed by atoms with Crippen molar-refractivity contribution in [2.24, 2.45) is 5.73 Å². The molecule has 90 valence electrons. The van der Waals surface area contributed by atoms with Crippen LogP contribution in [-0.2, 0) is 6.54 Å². The number of rotatable bonds is 2. The fourth-order valence-electron chi connectivity index (χ4n) is 1.99. The maximum absolute atomic E-state index is 9.30. The molecule has 0 fully saturated rings. The average molecular weight is 239 g/mol. The van der Waals surface area contributed by atoms with Gasteiger partial charge in [0, 0.05) is 11.9 Å². The molecule has 0 radical (unpaired) electrons. The van der Waals surface area contributed by atoms with E-state index in [1.165, 1.54) is 0 Å². The summed E-state index contributed by atoms with van der Waals surface area (Å²) in [5.74, 6) is 0.248. The van der Waals surface area contributed by atoms with E-state index in [0.717, 1.165) is 22.2 Å². The highest BCUT2D eigenvalue weighted by Crippen LogP contribution is 2.21. The molecule has 3 aromatic rings. The number of phenols is 1. The molecule has 0 aliphatic rings. The number of aromatic nitrogens is 2. The molecule has 4 heteroatoms. The standard InChI is InChI=1S/C14H13N3O/c15-8-10-1-2-11-9-16-17(14(11)7-10)12-3-5-13(18)6-4-12/h1-7,9,18H,8,15H2. The Kier molecular flexibility index (Phi) is 2.50. The Labute approximate surface area is 104 Å². The Morgan fingerprint density at radius 2 is 1.89 bits per heavy atom. The zero-order valence-electron chi connectivity index (χ0n) is 9.74. The van der Waals surface area contributed by atoms with Crippen molar-refractivity contribution in [3.05, 3.63) is 54.2 Å². The summed E-state index contributed by atoms with van der Waals surface area (Å²) in [4.78, 5) is 0. The van der Waals surface area contributed by atoms with Crippen LogP contribution in [0.5, 0.6) is 5.75 Å². The van der Waals surface area contributed by atoms with Crippen molar-refractivity contribution in [3.63, 3.8) is 0 Å². The van der Waals surface area contributed by atoms with Gasteiger partial charge >= 0.3 is 0 Å². The van der Waals surface area contributed by atoms with Crippen molar-refractivity contribution < 1.29 is 5.11 Å². The number of fused-ring (bicyclic) bond motifs is 1. The van der Waals surface area contributed by atoms with E-state index in [1.807, 2.05) is 41.2 Å². The van der Waals surface area contributed by atoms with Gasteiger partial charge in [-0.15, -0.1) is 0 Å². The summed E-state index contributed by atoms with van der Waals surface area (Å²) < 4.78 is 1.84. The van der Waals surface area contributed by atoms with E-state index in [2.05, 4.69) is 5.10 Å². The van der Waals surface area contributed by atoms with E-state index in [-0.39, 0.29) is 5.75 Å². The maximum Gasteiger partial charge on any atom is 0.115 e. The predicted octanol–water partition coefficient (Wildman–Crippen LogP) is 2.19. The van der Waals surface area contributed by atoms with Crippen LogP contribution in [0.2, 0.25) is 0 Å². The van der Waals surface area contributed by atoms with E-state index in [1.54, 1.807) is 12.1 Å². The number of phenolic OH excluding ortho intramolecular Hbond substituents is 1. The molecular weight excluding hydrogens is 226 g/mol. The van der Waals surface area contributed by atoms with Gasteiger partial charge in [-0.25, -0.2) is 4.68 Å². The first kappa shape index (κ1) is 10.8. The lowest BCUT2D eigenvalue weighted by molar-refractivity contribution is 0.475. The van der Waals surface area contributed by atoms with Crippen LogP contribution in [0.15, 0.2) is 48.7 Å². The molecular formula is C14H13N3O. The van der Waals surface area contributed by atoms with Crippen LogP contribution in [0.3, 0.4) is 0 Å². The largest absolute Gasteiger partial charge is 0.508 e. The third-order valence-corrected chi connectivity index (χ3v) is 2.97. The third kappa shape index (κ3) is 1.72. The van der Waals surface area contributed by atoms with Gasteiger partial charge in [-0.2, -0.15) is 5.10 Å². The highest BCUT2D eigenvalue weighted by atomic mass is 16.3. The van der Waals surface area contributed by atoms with Crippen molar-refractivity contribution in [3.8, 4) is 11.4 Å². The van der Waals surface area contributed by atoms with Crippen LogP contribution in [0.25, 0.3) is 16.6 Å². The maximum atomic E-state index is 9.30. The first-order valence-electron chi connectivity index (χ1n) is 5.74. The molecule has 3 N–H and O–H groups in total. The monoisotopic (exact) mass is 239 g/mol. The minimum Gasteiger partial charge on any atom is -0.508 e. The van der Waals surface area contributed by atoms with Gasteiger partial charge in [0.15, 0.2) is 0 Å². The SMILES string of the molecule is NCc1ccc2cnn(-c3ccc(O)cc3)c2c1. The number of hydrogen-bond donors (Lipinski definition) is 2. The minimum absolute atomic E-state index is 0.248. The summed E-state index contributed by atoms with van der Waals surface area (Å²) in [7, 11) is 0. The Balaban J connectivity index is 2.19. The zero-order chi connectivity index (χ0) is 12.5. The Hall–Kier alpha value is -2.33.